The number of likely N-dealkylation sites (N-methyl/N-ethyl adjacent to an activating group) is 2. The zero-order valence-electron chi connectivity index (χ0n) is 23.4. The molecule has 3 heterocycles. The molecule has 198 valence electrons. The molecule has 1 aliphatic rings. The van der Waals surface area contributed by atoms with Gasteiger partial charge in [-0.1, -0.05) is 13.8 Å². The van der Waals surface area contributed by atoms with Crippen LogP contribution in [0.25, 0.3) is 22.3 Å². The molecule has 1 amide bonds. The fourth-order valence-electron chi connectivity index (χ4n) is 5.80. The first-order valence-electron chi connectivity index (χ1n) is 13.3. The van der Waals surface area contributed by atoms with Crippen LogP contribution in [0.5, 0.6) is 0 Å². The third kappa shape index (κ3) is 5.12. The van der Waals surface area contributed by atoms with Gasteiger partial charge in [0.15, 0.2) is 5.49 Å². The van der Waals surface area contributed by atoms with Crippen molar-refractivity contribution in [1.82, 2.24) is 24.9 Å². The van der Waals surface area contributed by atoms with E-state index in [1.807, 2.05) is 6.20 Å². The minimum absolute atomic E-state index is 0.0692. The van der Waals surface area contributed by atoms with Gasteiger partial charge in [-0.2, -0.15) is 5.10 Å². The molecule has 0 aromatic carbocycles. The van der Waals surface area contributed by atoms with Crippen molar-refractivity contribution in [3.63, 3.8) is 0 Å². The predicted octanol–water partition coefficient (Wildman–Crippen LogP) is 4.47. The van der Waals surface area contributed by atoms with Crippen molar-refractivity contribution in [3.05, 3.63) is 46.2 Å². The maximum atomic E-state index is 11.8. The Morgan fingerprint density at radius 3 is 2.54 bits per heavy atom. The van der Waals surface area contributed by atoms with Crippen LogP contribution in [0.2, 0.25) is 0 Å². The first-order valence-corrected chi connectivity index (χ1v) is 13.3. The zero-order valence-corrected chi connectivity index (χ0v) is 23.4. The van der Waals surface area contributed by atoms with Crippen LogP contribution in [0, 0.1) is 13.8 Å². The average molecular weight is 504 g/mol. The lowest BCUT2D eigenvalue weighted by molar-refractivity contribution is -0.122. The molecule has 0 unspecified atom stereocenters. The number of hydrogen-bond acceptors (Lipinski definition) is 5. The first kappa shape index (κ1) is 26.8. The van der Waals surface area contributed by atoms with Crippen molar-refractivity contribution in [2.75, 3.05) is 27.7 Å². The smallest absolute Gasteiger partial charge is 0.233 e. The average Bonchev–Trinajstić information content (AvgIpc) is 3.28. The van der Waals surface area contributed by atoms with Crippen LogP contribution in [0.4, 0.5) is 0 Å². The summed E-state index contributed by atoms with van der Waals surface area (Å²) < 4.78 is 1.76. The van der Waals surface area contributed by atoms with Gasteiger partial charge in [0.05, 0.1) is 23.3 Å². The number of carbonyl (C=O) groups is 1. The molecule has 0 bridgehead atoms. The first-order chi connectivity index (χ1) is 17.7. The van der Waals surface area contributed by atoms with E-state index in [9.17, 15) is 4.79 Å². The fourth-order valence-corrected chi connectivity index (χ4v) is 5.80. The van der Waals surface area contributed by atoms with E-state index in [4.69, 9.17) is 4.98 Å². The summed E-state index contributed by atoms with van der Waals surface area (Å²) in [5.74, 6) is 0.801. The van der Waals surface area contributed by atoms with E-state index in [2.05, 4.69) is 78.9 Å². The highest BCUT2D eigenvalue weighted by Crippen LogP contribution is 2.39. The Bertz CT molecular complexity index is 1370. The monoisotopic (exact) mass is 503 g/mol. The standard InChI is InChI=1S/C29H41N7O/c1-17(2)26-27(22-15-36(32-7)29(31-6)19(4)18(22)3)34-24-14-13-23(33-28(24)26)20-9-11-21(12-10-20)35(8)16-25(37)30-5/h13-15,17,20-21,34H,7,9-12,16H2,1-6,8H3,(H,30,37)/b31-29-. The van der Waals surface area contributed by atoms with E-state index in [1.54, 1.807) is 18.8 Å². The van der Waals surface area contributed by atoms with Crippen molar-refractivity contribution in [3.8, 4) is 11.3 Å². The Labute approximate surface area is 219 Å². The van der Waals surface area contributed by atoms with Gasteiger partial charge in [-0.25, -0.2) is 4.68 Å². The second-order valence-electron chi connectivity index (χ2n) is 10.6. The fraction of sp³-hybridized carbons (Fsp3) is 0.517. The Kier molecular flexibility index (Phi) is 7.97. The van der Waals surface area contributed by atoms with Crippen molar-refractivity contribution in [1.29, 1.82) is 0 Å². The molecule has 0 aliphatic heterocycles. The highest BCUT2D eigenvalue weighted by atomic mass is 16.1. The van der Waals surface area contributed by atoms with Gasteiger partial charge in [-0.3, -0.25) is 19.7 Å². The number of amides is 1. The van der Waals surface area contributed by atoms with Gasteiger partial charge in [-0.15, -0.1) is 0 Å². The molecule has 2 N–H and O–H groups in total. The van der Waals surface area contributed by atoms with Crippen LogP contribution < -0.4 is 10.8 Å². The van der Waals surface area contributed by atoms with E-state index >= 15 is 0 Å². The van der Waals surface area contributed by atoms with E-state index in [0.717, 1.165) is 59.0 Å². The molecule has 1 saturated carbocycles. The lowest BCUT2D eigenvalue weighted by atomic mass is 9.83. The number of hydrogen-bond donors (Lipinski definition) is 2. The van der Waals surface area contributed by atoms with Gasteiger partial charge in [0.25, 0.3) is 0 Å². The van der Waals surface area contributed by atoms with E-state index in [1.165, 1.54) is 16.8 Å². The lowest BCUT2D eigenvalue weighted by Crippen LogP contribution is -2.41. The van der Waals surface area contributed by atoms with Crippen LogP contribution in [0.1, 0.15) is 73.8 Å². The normalized spacial score (nSPS) is 18.7. The molecule has 8 heteroatoms. The van der Waals surface area contributed by atoms with Crippen LogP contribution in [-0.2, 0) is 4.79 Å². The summed E-state index contributed by atoms with van der Waals surface area (Å²) in [6.07, 6.45) is 6.34. The quantitative estimate of drug-likeness (QED) is 0.466. The molecule has 8 nitrogen and oxygen atoms in total. The summed E-state index contributed by atoms with van der Waals surface area (Å²) in [5.41, 5.74) is 9.78. The zero-order chi connectivity index (χ0) is 26.9. The molecular weight excluding hydrogens is 462 g/mol. The second-order valence-corrected chi connectivity index (χ2v) is 10.6. The van der Waals surface area contributed by atoms with Crippen molar-refractivity contribution < 1.29 is 4.79 Å². The Balaban J connectivity index is 1.69. The summed E-state index contributed by atoms with van der Waals surface area (Å²) >= 11 is 0. The number of aromatic nitrogens is 3. The molecular formula is C29H41N7O. The molecule has 0 saturated heterocycles. The summed E-state index contributed by atoms with van der Waals surface area (Å²) in [6.45, 7) is 12.9. The van der Waals surface area contributed by atoms with E-state index < -0.39 is 0 Å². The van der Waals surface area contributed by atoms with Gasteiger partial charge < -0.3 is 10.3 Å². The van der Waals surface area contributed by atoms with Gasteiger partial charge in [0.1, 0.15) is 0 Å². The number of pyridine rings is 2. The number of rotatable bonds is 7. The van der Waals surface area contributed by atoms with Crippen molar-refractivity contribution in [2.24, 2.45) is 10.1 Å². The summed E-state index contributed by atoms with van der Waals surface area (Å²) in [6, 6.07) is 4.82. The molecule has 1 aliphatic carbocycles. The summed E-state index contributed by atoms with van der Waals surface area (Å²) in [5, 5.41) is 6.92. The van der Waals surface area contributed by atoms with Crippen LogP contribution in [-0.4, -0.2) is 65.9 Å². The van der Waals surface area contributed by atoms with E-state index in [-0.39, 0.29) is 5.91 Å². The highest BCUT2D eigenvalue weighted by Gasteiger charge is 2.28. The van der Waals surface area contributed by atoms with Gasteiger partial charge in [0.2, 0.25) is 5.91 Å². The van der Waals surface area contributed by atoms with Gasteiger partial charge in [-0.05, 0) is 75.8 Å². The molecule has 3 aromatic rings. The molecule has 0 radical (unpaired) electrons. The largest absolute Gasteiger partial charge is 0.358 e. The number of H-pyrrole nitrogens is 1. The van der Waals surface area contributed by atoms with Crippen LogP contribution in [0.15, 0.2) is 28.4 Å². The summed E-state index contributed by atoms with van der Waals surface area (Å²) in [7, 11) is 5.53. The van der Waals surface area contributed by atoms with Crippen LogP contribution in [0.3, 0.4) is 0 Å². The Hall–Kier alpha value is -3.26. The number of fused-ring (bicyclic) bond motifs is 1. The van der Waals surface area contributed by atoms with E-state index in [0.29, 0.717) is 24.4 Å². The third-order valence-electron chi connectivity index (χ3n) is 8.09. The van der Waals surface area contributed by atoms with Crippen LogP contribution >= 0.6 is 0 Å². The number of aromatic amines is 1. The molecule has 1 fully saturated rings. The molecule has 3 aromatic heterocycles. The molecule has 0 spiro atoms. The number of nitrogens with zero attached hydrogens (tertiary/aromatic N) is 5. The second kappa shape index (κ2) is 11.0. The number of nitrogens with one attached hydrogen (secondary N) is 2. The maximum absolute atomic E-state index is 11.8. The highest BCUT2D eigenvalue weighted by molar-refractivity contribution is 5.89. The Morgan fingerprint density at radius 1 is 1.24 bits per heavy atom. The number of carbonyl (C=O) groups excluding carboxylic acids is 1. The minimum Gasteiger partial charge on any atom is -0.358 e. The lowest BCUT2D eigenvalue weighted by Gasteiger charge is -2.34. The van der Waals surface area contributed by atoms with Crippen molar-refractivity contribution >= 4 is 23.7 Å². The predicted molar refractivity (Wildman–Crippen MR) is 151 cm³/mol. The SMILES string of the molecule is C=Nn1cc(-c2[nH]c3ccc(C4CCC(N(C)CC(=O)NC)CC4)nc3c2C(C)C)c(C)c(C)/c1=N/C. The molecule has 4 rings (SSSR count). The van der Waals surface area contributed by atoms with Crippen molar-refractivity contribution in [2.45, 2.75) is 71.3 Å². The maximum Gasteiger partial charge on any atom is 0.233 e. The summed E-state index contributed by atoms with van der Waals surface area (Å²) in [4.78, 5) is 27.3. The van der Waals surface area contributed by atoms with Gasteiger partial charge >= 0.3 is 0 Å². The Morgan fingerprint density at radius 2 is 1.95 bits per heavy atom. The topological polar surface area (TPSA) is 90.7 Å². The minimum atomic E-state index is 0.0692. The molecule has 0 atom stereocenters. The molecule has 37 heavy (non-hydrogen) atoms. The third-order valence-corrected chi connectivity index (χ3v) is 8.09. The van der Waals surface area contributed by atoms with Gasteiger partial charge in [0, 0.05) is 55.8 Å².